The normalized spacial score (nSPS) is 11.1. The monoisotopic (exact) mass is 847 g/mol. The van der Waals surface area contributed by atoms with E-state index in [1.165, 1.54) is 32.5 Å². The van der Waals surface area contributed by atoms with Crippen LogP contribution in [0.3, 0.4) is 0 Å². The Morgan fingerprint density at radius 1 is 0.720 bits per heavy atom. The van der Waals surface area contributed by atoms with Crippen LogP contribution in [0.1, 0.15) is 61.9 Å². The average Bonchev–Trinajstić information content (AvgIpc) is 3.74. The summed E-state index contributed by atoms with van der Waals surface area (Å²) in [7, 11) is 0. The molecule has 0 saturated heterocycles. The molecule has 0 fully saturated rings. The second-order valence-electron chi connectivity index (χ2n) is 12.8. The molecule has 4 heterocycles. The van der Waals surface area contributed by atoms with E-state index in [4.69, 9.17) is 4.98 Å². The van der Waals surface area contributed by atoms with Crippen molar-refractivity contribution in [3.8, 4) is 28.3 Å². The first kappa shape index (κ1) is 35.1. The topological polar surface area (TPSA) is 43.6 Å². The summed E-state index contributed by atoms with van der Waals surface area (Å²) in [6.07, 6.45) is 4.45. The molecule has 0 aliphatic heterocycles. The third-order valence-corrected chi connectivity index (χ3v) is 9.57. The first-order chi connectivity index (χ1) is 24.0. The minimum atomic E-state index is 0. The molecular formula is C44H38IrN4S-2. The second-order valence-corrected chi connectivity index (χ2v) is 13.6. The standard InChI is InChI=1S/C33H30N3S.C11H8N.Ir/c1-21(2)25-11-9-12-26(22(3)4)32(25)36-30-14-6-5-13-29(30)35-33(36)28-20-37-31-16-15-23(19-27(28)31)18-24-10-7-8-17-34-24;1-2-6-10(7-3-1)11-8-4-5-9-12-11;/h5-17,19,21-22H,18H2,1-4H3;1-6,8-9H;/q2*-1;. The quantitative estimate of drug-likeness (QED) is 0.150. The Morgan fingerprint density at radius 2 is 1.44 bits per heavy atom. The number of thiophene rings is 1. The predicted molar refractivity (Wildman–Crippen MR) is 204 cm³/mol. The number of rotatable bonds is 7. The van der Waals surface area contributed by atoms with Crippen molar-refractivity contribution >= 4 is 32.5 Å². The van der Waals surface area contributed by atoms with Crippen LogP contribution in [-0.2, 0) is 26.5 Å². The molecule has 50 heavy (non-hydrogen) atoms. The molecule has 4 aromatic carbocycles. The van der Waals surface area contributed by atoms with Gasteiger partial charge >= 0.3 is 0 Å². The van der Waals surface area contributed by atoms with Crippen LogP contribution >= 0.6 is 11.3 Å². The van der Waals surface area contributed by atoms with Gasteiger partial charge in [-0.1, -0.05) is 110 Å². The Hall–Kier alpha value is -4.74. The SMILES string of the molecule is CC(C)c1cccc(C(C)C)c1-n1c(-c2[c-]sc3ccc(Cc4ccccn4)cc23)nc2ccccc21.[Ir].[c-]1ccccc1-c1ccccn1. The van der Waals surface area contributed by atoms with Gasteiger partial charge < -0.3 is 9.55 Å². The number of imidazole rings is 1. The minimum Gasteiger partial charge on any atom is -0.333 e. The molecule has 1 radical (unpaired) electrons. The molecule has 0 atom stereocenters. The van der Waals surface area contributed by atoms with Gasteiger partial charge in [0.2, 0.25) is 0 Å². The van der Waals surface area contributed by atoms with E-state index in [1.807, 2.05) is 60.8 Å². The third-order valence-electron chi connectivity index (χ3n) is 8.69. The molecule has 251 valence electrons. The predicted octanol–water partition coefficient (Wildman–Crippen LogP) is 11.5. The van der Waals surface area contributed by atoms with Gasteiger partial charge in [0.05, 0.1) is 16.9 Å². The smallest absolute Gasteiger partial charge is 0.0774 e. The van der Waals surface area contributed by atoms with Crippen LogP contribution in [0.15, 0.2) is 134 Å². The van der Waals surface area contributed by atoms with E-state index in [0.717, 1.165) is 45.8 Å². The largest absolute Gasteiger partial charge is 0.333 e. The van der Waals surface area contributed by atoms with Crippen molar-refractivity contribution in [3.63, 3.8) is 0 Å². The molecule has 0 aliphatic rings. The van der Waals surface area contributed by atoms with Gasteiger partial charge in [-0.3, -0.25) is 21.3 Å². The number of aromatic nitrogens is 4. The Bertz CT molecular complexity index is 2250. The molecule has 0 aliphatic carbocycles. The molecule has 4 nitrogen and oxygen atoms in total. The van der Waals surface area contributed by atoms with Gasteiger partial charge in [-0.05, 0) is 59.0 Å². The van der Waals surface area contributed by atoms with Crippen LogP contribution < -0.4 is 0 Å². The van der Waals surface area contributed by atoms with Crippen LogP contribution in [0.4, 0.5) is 0 Å². The van der Waals surface area contributed by atoms with Crippen LogP contribution in [0.2, 0.25) is 0 Å². The van der Waals surface area contributed by atoms with Gasteiger partial charge in [0.15, 0.2) is 0 Å². The van der Waals surface area contributed by atoms with Crippen molar-refractivity contribution in [2.45, 2.75) is 46.0 Å². The minimum absolute atomic E-state index is 0. The summed E-state index contributed by atoms with van der Waals surface area (Å²) in [5.74, 6) is 1.73. The van der Waals surface area contributed by atoms with Crippen molar-refractivity contribution in [2.24, 2.45) is 0 Å². The number of para-hydroxylation sites is 3. The number of nitrogens with zero attached hydrogens (tertiary/aromatic N) is 4. The maximum Gasteiger partial charge on any atom is 0.0774 e. The van der Waals surface area contributed by atoms with Crippen molar-refractivity contribution in [1.29, 1.82) is 0 Å². The summed E-state index contributed by atoms with van der Waals surface area (Å²) in [6.45, 7) is 9.10. The first-order valence-electron chi connectivity index (χ1n) is 16.8. The van der Waals surface area contributed by atoms with E-state index in [1.54, 1.807) is 17.5 Å². The van der Waals surface area contributed by atoms with E-state index in [2.05, 4.69) is 120 Å². The number of hydrogen-bond acceptors (Lipinski definition) is 4. The van der Waals surface area contributed by atoms with Crippen LogP contribution in [0.5, 0.6) is 0 Å². The summed E-state index contributed by atoms with van der Waals surface area (Å²) in [5.41, 5.74) is 11.5. The fraction of sp³-hybridized carbons (Fsp3) is 0.159. The number of benzene rings is 4. The average molecular weight is 847 g/mol. The molecule has 8 rings (SSSR count). The number of fused-ring (bicyclic) bond motifs is 2. The Kier molecular flexibility index (Phi) is 11.1. The fourth-order valence-corrected chi connectivity index (χ4v) is 7.10. The number of hydrogen-bond donors (Lipinski definition) is 0. The summed E-state index contributed by atoms with van der Waals surface area (Å²) >= 11 is 1.66. The first-order valence-corrected chi connectivity index (χ1v) is 17.6. The molecule has 0 spiro atoms. The van der Waals surface area contributed by atoms with E-state index >= 15 is 0 Å². The van der Waals surface area contributed by atoms with Gasteiger partial charge in [0.25, 0.3) is 0 Å². The van der Waals surface area contributed by atoms with E-state index in [-0.39, 0.29) is 20.1 Å². The van der Waals surface area contributed by atoms with Crippen molar-refractivity contribution in [1.82, 2.24) is 19.5 Å². The zero-order valence-corrected chi connectivity index (χ0v) is 31.8. The van der Waals surface area contributed by atoms with E-state index in [0.29, 0.717) is 11.8 Å². The second kappa shape index (κ2) is 15.9. The molecule has 0 bridgehead atoms. The van der Waals surface area contributed by atoms with Gasteiger partial charge in [0, 0.05) is 50.3 Å². The number of pyridine rings is 2. The Balaban J connectivity index is 0.000000281. The molecule has 8 aromatic rings. The fourth-order valence-electron chi connectivity index (χ4n) is 6.28. The van der Waals surface area contributed by atoms with E-state index < -0.39 is 0 Å². The molecule has 0 unspecified atom stereocenters. The Morgan fingerprint density at radius 3 is 2.12 bits per heavy atom. The van der Waals surface area contributed by atoms with Gasteiger partial charge in [-0.2, -0.15) is 0 Å². The molecule has 0 amide bonds. The van der Waals surface area contributed by atoms with Crippen molar-refractivity contribution in [3.05, 3.63) is 168 Å². The summed E-state index contributed by atoms with van der Waals surface area (Å²) in [5, 5.41) is 4.83. The molecule has 0 N–H and O–H groups in total. The summed E-state index contributed by atoms with van der Waals surface area (Å²) < 4.78 is 3.61. The summed E-state index contributed by atoms with van der Waals surface area (Å²) in [4.78, 5) is 14.0. The molecule has 4 aromatic heterocycles. The third kappa shape index (κ3) is 7.39. The zero-order chi connectivity index (χ0) is 33.7. The van der Waals surface area contributed by atoms with Gasteiger partial charge in [-0.25, -0.2) is 0 Å². The van der Waals surface area contributed by atoms with Gasteiger partial charge in [0.1, 0.15) is 0 Å². The van der Waals surface area contributed by atoms with Gasteiger partial charge in [-0.15, -0.1) is 47.3 Å². The summed E-state index contributed by atoms with van der Waals surface area (Å²) in [6, 6.07) is 44.8. The maximum absolute atomic E-state index is 5.22. The van der Waals surface area contributed by atoms with Crippen molar-refractivity contribution in [2.75, 3.05) is 0 Å². The molecular weight excluding hydrogens is 809 g/mol. The van der Waals surface area contributed by atoms with E-state index in [9.17, 15) is 0 Å². The van der Waals surface area contributed by atoms with Crippen LogP contribution in [-0.4, -0.2) is 19.5 Å². The van der Waals surface area contributed by atoms with Crippen molar-refractivity contribution < 1.29 is 20.1 Å². The maximum atomic E-state index is 5.22. The molecule has 6 heteroatoms. The molecule has 0 saturated carbocycles. The van der Waals surface area contributed by atoms with Crippen LogP contribution in [0, 0.1) is 11.4 Å². The van der Waals surface area contributed by atoms with Crippen LogP contribution in [0.25, 0.3) is 49.5 Å². The zero-order valence-electron chi connectivity index (χ0n) is 28.6. The Labute approximate surface area is 312 Å².